The van der Waals surface area contributed by atoms with Crippen molar-refractivity contribution in [1.82, 2.24) is 25.7 Å². The van der Waals surface area contributed by atoms with Crippen molar-refractivity contribution in [3.05, 3.63) is 59.7 Å². The Hall–Kier alpha value is -5.53. The van der Waals surface area contributed by atoms with Crippen molar-refractivity contribution in [3.63, 3.8) is 0 Å². The van der Waals surface area contributed by atoms with E-state index in [0.29, 0.717) is 79.0 Å². The highest BCUT2D eigenvalue weighted by Crippen LogP contribution is 2.52. The Kier molecular flexibility index (Phi) is 10.6. The second-order valence-corrected chi connectivity index (χ2v) is 14.5. The minimum Gasteiger partial charge on any atom is -0.507 e. The lowest BCUT2D eigenvalue weighted by Gasteiger charge is -2.51. The number of carbonyl (C=O) groups is 5. The molecule has 2 bridgehead atoms. The zero-order valence-electron chi connectivity index (χ0n) is 29.4. The maximum atomic E-state index is 13.2. The van der Waals surface area contributed by atoms with Gasteiger partial charge in [-0.3, -0.25) is 34.2 Å². The molecule has 3 heterocycles. The minimum absolute atomic E-state index is 0.0476. The average Bonchev–Trinajstić information content (AvgIpc) is 3.39. The fraction of sp³-hybridized carbons (Fsp3) is 0.462. The van der Waals surface area contributed by atoms with Crippen LogP contribution in [0.15, 0.2) is 48.5 Å². The summed E-state index contributed by atoms with van der Waals surface area (Å²) in [5.74, 6) is 0.840. The van der Waals surface area contributed by atoms with Gasteiger partial charge in [0.15, 0.2) is 11.6 Å². The molecule has 3 aliphatic carbocycles. The van der Waals surface area contributed by atoms with Crippen molar-refractivity contribution < 1.29 is 38.6 Å². The molecule has 1 aromatic heterocycles. The molecule has 8 rings (SSSR count). The molecule has 2 aliphatic heterocycles. The SMILES string of the molecule is Nc1nnc(-c2ccccc2O)cc1OCC1CC(CNC(=O)CCCCCCOc2cccc3c2C(=O)N(C2CCC(=O)NC2=O)C3=O)C2CC1C2. The number of piperidine rings is 1. The predicted octanol–water partition coefficient (Wildman–Crippen LogP) is 4.02. The van der Waals surface area contributed by atoms with Crippen LogP contribution in [0.4, 0.5) is 5.82 Å². The summed E-state index contributed by atoms with van der Waals surface area (Å²) in [5.41, 5.74) is 7.45. The number of ether oxygens (including phenoxy) is 2. The second-order valence-electron chi connectivity index (χ2n) is 14.5. The third-order valence-electron chi connectivity index (χ3n) is 11.1. The summed E-state index contributed by atoms with van der Waals surface area (Å²) >= 11 is 0. The van der Waals surface area contributed by atoms with E-state index >= 15 is 0 Å². The maximum absolute atomic E-state index is 13.2. The number of nitrogens with one attached hydrogen (secondary N) is 2. The van der Waals surface area contributed by atoms with Gasteiger partial charge in [0.25, 0.3) is 11.8 Å². The van der Waals surface area contributed by atoms with Gasteiger partial charge in [0.2, 0.25) is 17.7 Å². The number of aromatic nitrogens is 2. The number of rotatable bonds is 15. The number of carbonyl (C=O) groups excluding carboxylic acids is 5. The molecule has 5 N–H and O–H groups in total. The highest BCUT2D eigenvalue weighted by molar-refractivity contribution is 6.24. The van der Waals surface area contributed by atoms with Crippen LogP contribution in [0.25, 0.3) is 11.3 Å². The van der Waals surface area contributed by atoms with E-state index < -0.39 is 29.7 Å². The molecule has 1 saturated heterocycles. The molecule has 3 unspecified atom stereocenters. The number of nitrogen functional groups attached to an aromatic ring is 1. The predicted molar refractivity (Wildman–Crippen MR) is 192 cm³/mol. The molecular formula is C39H44N6O8. The van der Waals surface area contributed by atoms with Crippen LogP contribution in [-0.2, 0) is 14.4 Å². The van der Waals surface area contributed by atoms with Gasteiger partial charge < -0.3 is 25.6 Å². The van der Waals surface area contributed by atoms with E-state index in [1.807, 2.05) is 6.07 Å². The third-order valence-corrected chi connectivity index (χ3v) is 11.1. The smallest absolute Gasteiger partial charge is 0.266 e. The van der Waals surface area contributed by atoms with Crippen LogP contribution in [0.2, 0.25) is 0 Å². The van der Waals surface area contributed by atoms with Gasteiger partial charge in [0.1, 0.15) is 23.2 Å². The molecule has 3 aromatic rings. The summed E-state index contributed by atoms with van der Waals surface area (Å²) in [6.07, 6.45) is 6.96. The van der Waals surface area contributed by atoms with E-state index in [-0.39, 0.29) is 41.4 Å². The number of amides is 5. The number of anilines is 1. The van der Waals surface area contributed by atoms with Gasteiger partial charge in [0, 0.05) is 31.0 Å². The molecule has 53 heavy (non-hydrogen) atoms. The Labute approximate surface area is 306 Å². The van der Waals surface area contributed by atoms with Crippen molar-refractivity contribution in [3.8, 4) is 28.5 Å². The number of fused-ring (bicyclic) bond motifs is 3. The molecule has 278 valence electrons. The van der Waals surface area contributed by atoms with E-state index in [1.165, 1.54) is 6.07 Å². The van der Waals surface area contributed by atoms with Crippen LogP contribution < -0.4 is 25.8 Å². The Morgan fingerprint density at radius 1 is 0.887 bits per heavy atom. The molecule has 3 saturated carbocycles. The number of phenolic OH excluding ortho intramolecular Hbond substituents is 1. The van der Waals surface area contributed by atoms with Gasteiger partial charge in [-0.2, -0.15) is 0 Å². The lowest BCUT2D eigenvalue weighted by atomic mass is 9.55. The quantitative estimate of drug-likeness (QED) is 0.130. The number of nitrogens with zero attached hydrogens (tertiary/aromatic N) is 3. The molecular weight excluding hydrogens is 680 g/mol. The molecule has 5 aliphatic rings. The number of aromatic hydroxyl groups is 1. The third kappa shape index (κ3) is 7.67. The van der Waals surface area contributed by atoms with Crippen LogP contribution in [0.5, 0.6) is 17.2 Å². The summed E-state index contributed by atoms with van der Waals surface area (Å²) < 4.78 is 12.1. The summed E-state index contributed by atoms with van der Waals surface area (Å²) in [7, 11) is 0. The van der Waals surface area contributed by atoms with Crippen molar-refractivity contribution >= 4 is 35.4 Å². The maximum Gasteiger partial charge on any atom is 0.266 e. The molecule has 3 atom stereocenters. The molecule has 2 aromatic carbocycles. The molecule has 14 nitrogen and oxygen atoms in total. The van der Waals surface area contributed by atoms with Gasteiger partial charge in [-0.05, 0) is 86.5 Å². The van der Waals surface area contributed by atoms with Crippen LogP contribution in [0.1, 0.15) is 84.9 Å². The molecule has 0 spiro atoms. The molecule has 0 radical (unpaired) electrons. The fourth-order valence-corrected chi connectivity index (χ4v) is 8.09. The topological polar surface area (TPSA) is 203 Å². The summed E-state index contributed by atoms with van der Waals surface area (Å²) in [4.78, 5) is 63.8. The fourth-order valence-electron chi connectivity index (χ4n) is 8.09. The number of hydrogen-bond acceptors (Lipinski definition) is 11. The Morgan fingerprint density at radius 3 is 2.47 bits per heavy atom. The first kappa shape index (κ1) is 35.9. The Balaban J connectivity index is 0.801. The normalized spacial score (nSPS) is 23.2. The second kappa shape index (κ2) is 15.6. The average molecular weight is 725 g/mol. The minimum atomic E-state index is -1.03. The number of phenols is 1. The largest absolute Gasteiger partial charge is 0.507 e. The first-order valence-electron chi connectivity index (χ1n) is 18.5. The van der Waals surface area contributed by atoms with Crippen molar-refractivity contribution in [1.29, 1.82) is 0 Å². The van der Waals surface area contributed by atoms with Gasteiger partial charge in [-0.15, -0.1) is 10.2 Å². The van der Waals surface area contributed by atoms with Gasteiger partial charge in [-0.1, -0.05) is 31.0 Å². The number of nitrogens with two attached hydrogens (primary N) is 1. The van der Waals surface area contributed by atoms with E-state index in [0.717, 1.165) is 43.4 Å². The lowest BCUT2D eigenvalue weighted by Crippen LogP contribution is -2.54. The molecule has 14 heteroatoms. The van der Waals surface area contributed by atoms with Gasteiger partial charge in [0.05, 0.1) is 24.3 Å². The highest BCUT2D eigenvalue weighted by atomic mass is 16.5. The monoisotopic (exact) mass is 724 g/mol. The summed E-state index contributed by atoms with van der Waals surface area (Å²) in [6, 6.07) is 12.4. The highest BCUT2D eigenvalue weighted by Gasteiger charge is 2.47. The number of imide groups is 2. The van der Waals surface area contributed by atoms with Crippen LogP contribution in [0, 0.1) is 23.7 Å². The number of para-hydroxylation sites is 1. The molecule has 4 fully saturated rings. The Bertz CT molecular complexity index is 1910. The Morgan fingerprint density at radius 2 is 1.66 bits per heavy atom. The zero-order chi connectivity index (χ0) is 37.1. The van der Waals surface area contributed by atoms with E-state index in [9.17, 15) is 29.1 Å². The summed E-state index contributed by atoms with van der Waals surface area (Å²) in [6.45, 7) is 1.49. The van der Waals surface area contributed by atoms with Crippen molar-refractivity contribution in [2.75, 3.05) is 25.5 Å². The van der Waals surface area contributed by atoms with Crippen LogP contribution in [0.3, 0.4) is 0 Å². The van der Waals surface area contributed by atoms with Gasteiger partial charge in [-0.25, -0.2) is 0 Å². The van der Waals surface area contributed by atoms with E-state index in [4.69, 9.17) is 15.2 Å². The first-order chi connectivity index (χ1) is 25.7. The molecule has 5 amide bonds. The van der Waals surface area contributed by atoms with Crippen molar-refractivity contribution in [2.45, 2.75) is 70.3 Å². The number of hydrogen-bond donors (Lipinski definition) is 4. The first-order valence-corrected chi connectivity index (χ1v) is 18.5. The van der Waals surface area contributed by atoms with E-state index in [1.54, 1.807) is 36.4 Å². The van der Waals surface area contributed by atoms with Crippen LogP contribution in [-0.4, -0.2) is 75.5 Å². The van der Waals surface area contributed by atoms with Crippen molar-refractivity contribution in [2.24, 2.45) is 23.7 Å². The standard InChI is InChI=1S/C39H44N6O8/c40-36-32(19-28(43-44-36)26-8-4-5-10-30(26)46)53-21-25-18-24(22-16-23(25)17-22)20-41-33(47)12-3-1-2-6-15-52-31-11-7-9-27-35(31)39(51)45(38(27)50)29-13-14-34(48)42-37(29)49/h4-5,7-11,19,22-25,29,46H,1-3,6,12-18,20-21H2,(H2,40,44)(H,41,47)(H,42,48,49). The number of unbranched alkanes of at least 4 members (excludes halogenated alkanes) is 3. The number of benzene rings is 2. The zero-order valence-corrected chi connectivity index (χ0v) is 29.4. The van der Waals surface area contributed by atoms with Gasteiger partial charge >= 0.3 is 0 Å². The van der Waals surface area contributed by atoms with Crippen LogP contribution >= 0.6 is 0 Å². The summed E-state index contributed by atoms with van der Waals surface area (Å²) in [5, 5.41) is 23.7. The lowest BCUT2D eigenvalue weighted by molar-refractivity contribution is -0.136. The van der Waals surface area contributed by atoms with E-state index in [2.05, 4.69) is 20.8 Å².